The third-order valence-corrected chi connectivity index (χ3v) is 3.10. The zero-order valence-electron chi connectivity index (χ0n) is 5.67. The molecule has 56 valence electrons. The van der Waals surface area contributed by atoms with Crippen LogP contribution in [0.25, 0.3) is 10.1 Å². The van der Waals surface area contributed by atoms with Crippen molar-refractivity contribution in [2.24, 2.45) is 0 Å². The van der Waals surface area contributed by atoms with Crippen LogP contribution in [0.3, 0.4) is 0 Å². The molecule has 2 N–H and O–H groups in total. The third kappa shape index (κ3) is 1.35. The van der Waals surface area contributed by atoms with Crippen LogP contribution in [0, 0.1) is 3.57 Å². The molecular weight excluding hydrogens is 269 g/mol. The van der Waals surface area contributed by atoms with E-state index in [0.717, 1.165) is 5.00 Å². The van der Waals surface area contributed by atoms with Crippen LogP contribution in [0.4, 0.5) is 5.00 Å². The van der Waals surface area contributed by atoms with Crippen molar-refractivity contribution in [3.63, 3.8) is 0 Å². The van der Waals surface area contributed by atoms with Crippen molar-refractivity contribution in [3.8, 4) is 0 Å². The average Bonchev–Trinajstić information content (AvgIpc) is 2.27. The van der Waals surface area contributed by atoms with Crippen molar-refractivity contribution >= 4 is 49.0 Å². The molecule has 1 aromatic carbocycles. The zero-order chi connectivity index (χ0) is 7.84. The van der Waals surface area contributed by atoms with Crippen LogP contribution in [0.5, 0.6) is 0 Å². The number of fused-ring (bicyclic) bond motifs is 1. The number of anilines is 1. The van der Waals surface area contributed by atoms with Gasteiger partial charge in [0.15, 0.2) is 0 Å². The van der Waals surface area contributed by atoms with Crippen molar-refractivity contribution in [2.75, 3.05) is 5.73 Å². The number of thiophene rings is 1. The number of hydrogen-bond acceptors (Lipinski definition) is 2. The molecule has 3 heteroatoms. The summed E-state index contributed by atoms with van der Waals surface area (Å²) in [5.41, 5.74) is 5.66. The highest BCUT2D eigenvalue weighted by atomic mass is 127. The van der Waals surface area contributed by atoms with Gasteiger partial charge in [0.2, 0.25) is 0 Å². The maximum atomic E-state index is 5.66. The van der Waals surface area contributed by atoms with Crippen molar-refractivity contribution in [3.05, 3.63) is 27.8 Å². The number of rotatable bonds is 0. The second-order valence-corrected chi connectivity index (χ2v) is 4.69. The first kappa shape index (κ1) is 7.36. The highest BCUT2D eigenvalue weighted by molar-refractivity contribution is 14.1. The number of benzene rings is 1. The minimum atomic E-state index is 0.891. The van der Waals surface area contributed by atoms with Gasteiger partial charge in [-0.3, -0.25) is 0 Å². The lowest BCUT2D eigenvalue weighted by molar-refractivity contribution is 1.76. The second kappa shape index (κ2) is 2.64. The number of nitrogens with two attached hydrogens (primary N) is 1. The predicted molar refractivity (Wildman–Crippen MR) is 59.0 cm³/mol. The Morgan fingerprint density at radius 2 is 2.09 bits per heavy atom. The highest BCUT2D eigenvalue weighted by Crippen LogP contribution is 2.28. The van der Waals surface area contributed by atoms with Crippen LogP contribution in [-0.4, -0.2) is 0 Å². The molecule has 0 saturated heterocycles. The van der Waals surface area contributed by atoms with Gasteiger partial charge in [0.25, 0.3) is 0 Å². The lowest BCUT2D eigenvalue weighted by Gasteiger charge is -1.88. The van der Waals surface area contributed by atoms with Gasteiger partial charge >= 0.3 is 0 Å². The molecule has 1 nitrogen and oxygen atoms in total. The molecular formula is C8H6INS. The fraction of sp³-hybridized carbons (Fsp3) is 0. The van der Waals surface area contributed by atoms with Gasteiger partial charge < -0.3 is 5.73 Å². The smallest absolute Gasteiger partial charge is 0.0868 e. The van der Waals surface area contributed by atoms with E-state index in [1.165, 1.54) is 13.7 Å². The molecule has 1 heterocycles. The summed E-state index contributed by atoms with van der Waals surface area (Å²) < 4.78 is 2.53. The van der Waals surface area contributed by atoms with Gasteiger partial charge in [-0.1, -0.05) is 6.07 Å². The molecule has 0 aliphatic carbocycles. The lowest BCUT2D eigenvalue weighted by atomic mass is 10.3. The van der Waals surface area contributed by atoms with Gasteiger partial charge in [0.1, 0.15) is 0 Å². The topological polar surface area (TPSA) is 26.0 Å². The summed E-state index contributed by atoms with van der Waals surface area (Å²) in [6.45, 7) is 0. The van der Waals surface area contributed by atoms with E-state index in [2.05, 4.69) is 40.8 Å². The summed E-state index contributed by atoms with van der Waals surface area (Å²) >= 11 is 3.94. The van der Waals surface area contributed by atoms with Gasteiger partial charge in [0, 0.05) is 8.27 Å². The third-order valence-electron chi connectivity index (χ3n) is 1.50. The van der Waals surface area contributed by atoms with Crippen LogP contribution in [0.2, 0.25) is 0 Å². The number of hydrogen-bond donors (Lipinski definition) is 1. The Kier molecular flexibility index (Phi) is 1.77. The van der Waals surface area contributed by atoms with Crippen molar-refractivity contribution in [2.45, 2.75) is 0 Å². The van der Waals surface area contributed by atoms with E-state index in [4.69, 9.17) is 5.73 Å². The standard InChI is InChI=1S/C8H6INS/c9-6-2-1-5-3-8(10)11-7(5)4-6/h1-4H,10H2. The molecule has 11 heavy (non-hydrogen) atoms. The van der Waals surface area contributed by atoms with E-state index in [-0.39, 0.29) is 0 Å². The molecule has 2 rings (SSSR count). The number of nitrogen functional groups attached to an aromatic ring is 1. The summed E-state index contributed by atoms with van der Waals surface area (Å²) in [6.07, 6.45) is 0. The fourth-order valence-electron chi connectivity index (χ4n) is 1.03. The normalized spacial score (nSPS) is 10.6. The summed E-state index contributed by atoms with van der Waals surface area (Å²) in [5, 5.41) is 2.13. The molecule has 0 spiro atoms. The van der Waals surface area contributed by atoms with Gasteiger partial charge in [-0.15, -0.1) is 11.3 Å². The lowest BCUT2D eigenvalue weighted by Crippen LogP contribution is -1.72. The van der Waals surface area contributed by atoms with Gasteiger partial charge in [0.05, 0.1) is 5.00 Å². The second-order valence-electron chi connectivity index (χ2n) is 2.33. The molecule has 0 fully saturated rings. The molecule has 0 aliphatic rings. The Hall–Kier alpha value is -0.290. The summed E-state index contributed by atoms with van der Waals surface area (Å²) in [4.78, 5) is 0. The molecule has 1 aromatic heterocycles. The first-order chi connectivity index (χ1) is 5.25. The van der Waals surface area contributed by atoms with E-state index in [9.17, 15) is 0 Å². The Bertz CT molecular complexity index is 394. The first-order valence-electron chi connectivity index (χ1n) is 3.20. The Labute approximate surface area is 82.4 Å². The minimum Gasteiger partial charge on any atom is -0.391 e. The maximum absolute atomic E-state index is 5.66. The average molecular weight is 275 g/mol. The van der Waals surface area contributed by atoms with E-state index in [1.54, 1.807) is 11.3 Å². The van der Waals surface area contributed by atoms with E-state index in [1.807, 2.05) is 6.07 Å². The largest absolute Gasteiger partial charge is 0.391 e. The van der Waals surface area contributed by atoms with E-state index in [0.29, 0.717) is 0 Å². The Morgan fingerprint density at radius 1 is 1.27 bits per heavy atom. The molecule has 0 aliphatic heterocycles. The maximum Gasteiger partial charge on any atom is 0.0868 e. The Morgan fingerprint density at radius 3 is 2.91 bits per heavy atom. The van der Waals surface area contributed by atoms with Crippen molar-refractivity contribution in [1.82, 2.24) is 0 Å². The van der Waals surface area contributed by atoms with Crippen molar-refractivity contribution < 1.29 is 0 Å². The van der Waals surface area contributed by atoms with E-state index < -0.39 is 0 Å². The highest BCUT2D eigenvalue weighted by Gasteiger charge is 1.97. The molecule has 0 unspecified atom stereocenters. The van der Waals surface area contributed by atoms with Crippen LogP contribution >= 0.6 is 33.9 Å². The van der Waals surface area contributed by atoms with Crippen LogP contribution < -0.4 is 5.73 Å². The van der Waals surface area contributed by atoms with Crippen LogP contribution in [0.15, 0.2) is 24.3 Å². The van der Waals surface area contributed by atoms with Crippen LogP contribution in [0.1, 0.15) is 0 Å². The SMILES string of the molecule is Nc1cc2ccc(I)cc2s1. The predicted octanol–water partition coefficient (Wildman–Crippen LogP) is 3.09. The van der Waals surface area contributed by atoms with Gasteiger partial charge in [-0.05, 0) is 46.2 Å². The molecule has 0 radical (unpaired) electrons. The van der Waals surface area contributed by atoms with Crippen LogP contribution in [-0.2, 0) is 0 Å². The fourth-order valence-corrected chi connectivity index (χ4v) is 2.60. The first-order valence-corrected chi connectivity index (χ1v) is 5.10. The summed E-state index contributed by atoms with van der Waals surface area (Å²) in [5.74, 6) is 0. The monoisotopic (exact) mass is 275 g/mol. The number of halogens is 1. The van der Waals surface area contributed by atoms with E-state index >= 15 is 0 Å². The Balaban J connectivity index is 2.82. The van der Waals surface area contributed by atoms with Crippen molar-refractivity contribution in [1.29, 1.82) is 0 Å². The minimum absolute atomic E-state index is 0.891. The molecule has 0 bridgehead atoms. The summed E-state index contributed by atoms with van der Waals surface area (Å²) in [6, 6.07) is 8.35. The van der Waals surface area contributed by atoms with Gasteiger partial charge in [-0.2, -0.15) is 0 Å². The molecule has 0 saturated carbocycles. The quantitative estimate of drug-likeness (QED) is 0.735. The summed E-state index contributed by atoms with van der Waals surface area (Å²) in [7, 11) is 0. The molecule has 0 atom stereocenters. The van der Waals surface area contributed by atoms with Gasteiger partial charge in [-0.25, -0.2) is 0 Å². The zero-order valence-corrected chi connectivity index (χ0v) is 8.65. The molecule has 0 amide bonds. The molecule has 2 aromatic rings.